The highest BCUT2D eigenvalue weighted by Crippen LogP contribution is 2.21. The average Bonchev–Trinajstić information content (AvgIpc) is 2.71. The van der Waals surface area contributed by atoms with Gasteiger partial charge >= 0.3 is 5.97 Å². The summed E-state index contributed by atoms with van der Waals surface area (Å²) in [6.45, 7) is 1.42. The van der Waals surface area contributed by atoms with Crippen LogP contribution in [0.25, 0.3) is 0 Å². The summed E-state index contributed by atoms with van der Waals surface area (Å²) in [6.07, 6.45) is -1.09. The van der Waals surface area contributed by atoms with E-state index in [1.807, 2.05) is 30.3 Å². The number of carbonyl (C=O) groups is 2. The number of hydrogen-bond acceptors (Lipinski definition) is 4. The molecular weight excluding hydrogens is 361 g/mol. The molecule has 0 saturated heterocycles. The molecule has 1 atom stereocenters. The Morgan fingerprint density at radius 2 is 1.46 bits per heavy atom. The molecule has 3 rings (SSSR count). The number of rotatable bonds is 6. The quantitative estimate of drug-likeness (QED) is 0.625. The molecule has 3 aromatic rings. The first kappa shape index (κ1) is 19.1. The maximum Gasteiger partial charge on any atom is 0.338 e. The van der Waals surface area contributed by atoms with E-state index in [1.54, 1.807) is 30.3 Å². The lowest BCUT2D eigenvalue weighted by Crippen LogP contribution is -2.30. The van der Waals surface area contributed by atoms with Crippen molar-refractivity contribution in [2.45, 2.75) is 13.0 Å². The van der Waals surface area contributed by atoms with E-state index in [-0.39, 0.29) is 11.3 Å². The van der Waals surface area contributed by atoms with Gasteiger partial charge in [-0.1, -0.05) is 30.3 Å². The van der Waals surface area contributed by atoms with E-state index >= 15 is 0 Å². The summed E-state index contributed by atoms with van der Waals surface area (Å²) in [5.74, 6) is -0.613. The summed E-state index contributed by atoms with van der Waals surface area (Å²) >= 11 is 0. The molecule has 0 fully saturated rings. The van der Waals surface area contributed by atoms with Crippen LogP contribution in [-0.4, -0.2) is 18.0 Å². The fourth-order valence-corrected chi connectivity index (χ4v) is 2.36. The van der Waals surface area contributed by atoms with Gasteiger partial charge in [-0.25, -0.2) is 9.18 Å². The van der Waals surface area contributed by atoms with Gasteiger partial charge < -0.3 is 14.8 Å². The van der Waals surface area contributed by atoms with Crippen molar-refractivity contribution in [3.63, 3.8) is 0 Å². The number of halogens is 1. The maximum atomic E-state index is 13.6. The minimum atomic E-state index is -1.09. The highest BCUT2D eigenvalue weighted by atomic mass is 19.1. The van der Waals surface area contributed by atoms with Crippen LogP contribution in [0.4, 0.5) is 10.1 Å². The van der Waals surface area contributed by atoms with Crippen LogP contribution in [0.15, 0.2) is 78.9 Å². The predicted molar refractivity (Wildman–Crippen MR) is 103 cm³/mol. The van der Waals surface area contributed by atoms with Crippen molar-refractivity contribution in [1.82, 2.24) is 0 Å². The average molecular weight is 379 g/mol. The number of para-hydroxylation sites is 2. The zero-order chi connectivity index (χ0) is 19.9. The molecule has 0 heterocycles. The molecule has 142 valence electrons. The Labute approximate surface area is 161 Å². The SMILES string of the molecule is C[C@H](OC(=O)c1ccc(Oc2ccccc2)cc1)C(=O)Nc1ccccc1F. The molecule has 0 aliphatic carbocycles. The molecule has 0 aromatic heterocycles. The van der Waals surface area contributed by atoms with E-state index in [0.717, 1.165) is 0 Å². The highest BCUT2D eigenvalue weighted by Gasteiger charge is 2.20. The summed E-state index contributed by atoms with van der Waals surface area (Å²) in [7, 11) is 0. The summed E-state index contributed by atoms with van der Waals surface area (Å²) in [5.41, 5.74) is 0.295. The second-order valence-corrected chi connectivity index (χ2v) is 5.96. The molecule has 0 bridgehead atoms. The van der Waals surface area contributed by atoms with Crippen molar-refractivity contribution < 1.29 is 23.5 Å². The van der Waals surface area contributed by atoms with Gasteiger partial charge in [0.2, 0.25) is 0 Å². The number of hydrogen-bond donors (Lipinski definition) is 1. The normalized spacial score (nSPS) is 11.4. The number of anilines is 1. The van der Waals surface area contributed by atoms with Crippen molar-refractivity contribution in [2.75, 3.05) is 5.32 Å². The smallest absolute Gasteiger partial charge is 0.338 e. The van der Waals surface area contributed by atoms with E-state index in [2.05, 4.69) is 5.32 Å². The number of carbonyl (C=O) groups excluding carboxylic acids is 2. The number of esters is 1. The Hall–Kier alpha value is -3.67. The number of benzene rings is 3. The molecule has 3 aromatic carbocycles. The zero-order valence-electron chi connectivity index (χ0n) is 15.1. The molecule has 28 heavy (non-hydrogen) atoms. The van der Waals surface area contributed by atoms with Gasteiger partial charge in [0.1, 0.15) is 17.3 Å². The molecule has 0 radical (unpaired) electrons. The molecule has 1 N–H and O–H groups in total. The Morgan fingerprint density at radius 3 is 2.14 bits per heavy atom. The summed E-state index contributed by atoms with van der Waals surface area (Å²) < 4.78 is 24.4. The van der Waals surface area contributed by atoms with Gasteiger partial charge in [0.25, 0.3) is 5.91 Å². The van der Waals surface area contributed by atoms with Crippen LogP contribution in [0.2, 0.25) is 0 Å². The largest absolute Gasteiger partial charge is 0.457 e. The van der Waals surface area contributed by atoms with Gasteiger partial charge in [-0.3, -0.25) is 4.79 Å². The van der Waals surface area contributed by atoms with Crippen molar-refractivity contribution in [3.8, 4) is 11.5 Å². The maximum absolute atomic E-state index is 13.6. The third-order valence-electron chi connectivity index (χ3n) is 3.85. The topological polar surface area (TPSA) is 64.6 Å². The molecule has 5 nitrogen and oxygen atoms in total. The lowest BCUT2D eigenvalue weighted by Gasteiger charge is -2.14. The minimum absolute atomic E-state index is 0.0258. The zero-order valence-corrected chi connectivity index (χ0v) is 15.1. The van der Waals surface area contributed by atoms with Crippen molar-refractivity contribution >= 4 is 17.6 Å². The number of ether oxygens (including phenoxy) is 2. The van der Waals surface area contributed by atoms with Crippen LogP contribution in [0.5, 0.6) is 11.5 Å². The molecule has 1 amide bonds. The fourth-order valence-electron chi connectivity index (χ4n) is 2.36. The minimum Gasteiger partial charge on any atom is -0.457 e. The fraction of sp³-hybridized carbons (Fsp3) is 0.0909. The number of nitrogens with one attached hydrogen (secondary N) is 1. The summed E-state index contributed by atoms with van der Waals surface area (Å²) in [6, 6.07) is 21.3. The van der Waals surface area contributed by atoms with E-state index in [4.69, 9.17) is 9.47 Å². The van der Waals surface area contributed by atoms with Crippen LogP contribution < -0.4 is 10.1 Å². The Kier molecular flexibility index (Phi) is 6.01. The van der Waals surface area contributed by atoms with Crippen LogP contribution in [-0.2, 0) is 9.53 Å². The van der Waals surface area contributed by atoms with Crippen LogP contribution >= 0.6 is 0 Å². The third kappa shape index (κ3) is 4.94. The Bertz CT molecular complexity index is 958. The van der Waals surface area contributed by atoms with Crippen molar-refractivity contribution in [1.29, 1.82) is 0 Å². The molecule has 0 aliphatic rings. The van der Waals surface area contributed by atoms with Crippen LogP contribution in [0, 0.1) is 5.82 Å². The van der Waals surface area contributed by atoms with Crippen molar-refractivity contribution in [2.24, 2.45) is 0 Å². The Balaban J connectivity index is 1.57. The Morgan fingerprint density at radius 1 is 0.857 bits per heavy atom. The van der Waals surface area contributed by atoms with E-state index in [0.29, 0.717) is 11.5 Å². The highest BCUT2D eigenvalue weighted by molar-refractivity contribution is 5.97. The summed E-state index contributed by atoms with van der Waals surface area (Å²) in [4.78, 5) is 24.3. The second-order valence-electron chi connectivity index (χ2n) is 5.96. The summed E-state index contributed by atoms with van der Waals surface area (Å²) in [5, 5.41) is 2.39. The van der Waals surface area contributed by atoms with Gasteiger partial charge in [-0.05, 0) is 55.5 Å². The first-order valence-electron chi connectivity index (χ1n) is 8.62. The van der Waals surface area contributed by atoms with Crippen LogP contribution in [0.3, 0.4) is 0 Å². The number of amides is 1. The van der Waals surface area contributed by atoms with Gasteiger partial charge in [-0.15, -0.1) is 0 Å². The molecule has 6 heteroatoms. The molecular formula is C22H18FNO4. The lowest BCUT2D eigenvalue weighted by molar-refractivity contribution is -0.123. The van der Waals surface area contributed by atoms with E-state index in [1.165, 1.54) is 25.1 Å². The first-order valence-corrected chi connectivity index (χ1v) is 8.62. The van der Waals surface area contributed by atoms with E-state index < -0.39 is 23.8 Å². The first-order chi connectivity index (χ1) is 13.5. The van der Waals surface area contributed by atoms with Gasteiger partial charge in [0, 0.05) is 0 Å². The monoisotopic (exact) mass is 379 g/mol. The van der Waals surface area contributed by atoms with Gasteiger partial charge in [-0.2, -0.15) is 0 Å². The standard InChI is InChI=1S/C22H18FNO4/c1-15(21(25)24-20-10-6-5-9-19(20)23)27-22(26)16-11-13-18(14-12-16)28-17-7-3-2-4-8-17/h2-15H,1H3,(H,24,25)/t15-/m0/s1. The predicted octanol–water partition coefficient (Wildman–Crippen LogP) is 4.80. The molecule has 0 unspecified atom stereocenters. The third-order valence-corrected chi connectivity index (χ3v) is 3.85. The van der Waals surface area contributed by atoms with Gasteiger partial charge in [0.15, 0.2) is 6.10 Å². The lowest BCUT2D eigenvalue weighted by atomic mass is 10.2. The second kappa shape index (κ2) is 8.81. The molecule has 0 spiro atoms. The molecule has 0 saturated carbocycles. The van der Waals surface area contributed by atoms with Gasteiger partial charge in [0.05, 0.1) is 11.3 Å². The van der Waals surface area contributed by atoms with Crippen LogP contribution in [0.1, 0.15) is 17.3 Å². The molecule has 0 aliphatic heterocycles. The van der Waals surface area contributed by atoms with E-state index in [9.17, 15) is 14.0 Å². The van der Waals surface area contributed by atoms with Crippen molar-refractivity contribution in [3.05, 3.63) is 90.2 Å².